The smallest absolute Gasteiger partial charge is 0.347 e. The number of ether oxygens (including phenoxy) is 2. The summed E-state index contributed by atoms with van der Waals surface area (Å²) in [5.74, 6) is -3.65. The summed E-state index contributed by atoms with van der Waals surface area (Å²) in [5.41, 5.74) is 0.142. The normalized spacial score (nSPS) is 14.3. The van der Waals surface area contributed by atoms with Gasteiger partial charge < -0.3 is 20.2 Å². The van der Waals surface area contributed by atoms with Crippen LogP contribution in [0.3, 0.4) is 0 Å². The van der Waals surface area contributed by atoms with Crippen molar-refractivity contribution in [1.82, 2.24) is 0 Å². The Morgan fingerprint density at radius 3 is 2.68 bits per heavy atom. The van der Waals surface area contributed by atoms with Gasteiger partial charge >= 0.3 is 5.97 Å². The number of benzene rings is 1. The molecule has 0 radical (unpaired) electrons. The van der Waals surface area contributed by atoms with Gasteiger partial charge in [-0.3, -0.25) is 9.59 Å². The highest BCUT2D eigenvalue weighted by atomic mass is 16.5. The summed E-state index contributed by atoms with van der Waals surface area (Å²) < 4.78 is 9.99. The van der Waals surface area contributed by atoms with Crippen LogP contribution in [0.25, 0.3) is 0 Å². The standard InChI is InChI=1S/C17H15N3O5/c1-10(19)12(7-18)13(21)8-25-17(23)15-14(22)9-24-16(15)20-11-5-3-2-4-6-11/h2-6,12,19-20H,8-9H2,1H3. The molecule has 1 aliphatic heterocycles. The minimum absolute atomic E-state index is 0.0475. The van der Waals surface area contributed by atoms with Crippen LogP contribution in [0.15, 0.2) is 41.8 Å². The summed E-state index contributed by atoms with van der Waals surface area (Å²) in [7, 11) is 0. The van der Waals surface area contributed by atoms with E-state index in [1.165, 1.54) is 6.92 Å². The van der Waals surface area contributed by atoms with Gasteiger partial charge in [-0.2, -0.15) is 5.26 Å². The second kappa shape index (κ2) is 7.88. The fourth-order valence-corrected chi connectivity index (χ4v) is 2.07. The number of esters is 1. The molecule has 0 bridgehead atoms. The van der Waals surface area contributed by atoms with E-state index in [9.17, 15) is 14.4 Å². The minimum atomic E-state index is -1.28. The third kappa shape index (κ3) is 4.29. The summed E-state index contributed by atoms with van der Waals surface area (Å²) in [4.78, 5) is 35.8. The Kier molecular flexibility index (Phi) is 5.63. The number of ketones is 2. The number of para-hydroxylation sites is 1. The largest absolute Gasteiger partial charge is 0.470 e. The number of hydrogen-bond acceptors (Lipinski definition) is 8. The molecule has 1 aliphatic rings. The van der Waals surface area contributed by atoms with E-state index in [-0.39, 0.29) is 23.8 Å². The van der Waals surface area contributed by atoms with E-state index in [1.54, 1.807) is 36.4 Å². The van der Waals surface area contributed by atoms with E-state index in [0.717, 1.165) is 0 Å². The Labute approximate surface area is 143 Å². The van der Waals surface area contributed by atoms with Gasteiger partial charge in [-0.25, -0.2) is 4.79 Å². The molecule has 0 aromatic heterocycles. The van der Waals surface area contributed by atoms with Crippen molar-refractivity contribution < 1.29 is 23.9 Å². The molecule has 8 heteroatoms. The molecule has 1 heterocycles. The highest BCUT2D eigenvalue weighted by Crippen LogP contribution is 2.20. The first-order chi connectivity index (χ1) is 11.9. The Bertz CT molecular complexity index is 792. The molecule has 0 saturated carbocycles. The molecule has 1 atom stereocenters. The third-order valence-electron chi connectivity index (χ3n) is 3.32. The molecule has 1 aromatic carbocycles. The van der Waals surface area contributed by atoms with Gasteiger partial charge in [0.15, 0.2) is 24.6 Å². The van der Waals surface area contributed by atoms with Gasteiger partial charge in [0.25, 0.3) is 0 Å². The summed E-state index contributed by atoms with van der Waals surface area (Å²) in [6, 6.07) is 10.4. The molecule has 0 spiro atoms. The molecule has 128 valence electrons. The van der Waals surface area contributed by atoms with Crippen molar-refractivity contribution in [2.24, 2.45) is 5.92 Å². The summed E-state index contributed by atoms with van der Waals surface area (Å²) >= 11 is 0. The lowest BCUT2D eigenvalue weighted by Gasteiger charge is -2.09. The van der Waals surface area contributed by atoms with Crippen LogP contribution in [0.1, 0.15) is 6.92 Å². The fourth-order valence-electron chi connectivity index (χ4n) is 2.07. The minimum Gasteiger partial charge on any atom is -0.470 e. The van der Waals surface area contributed by atoms with E-state index >= 15 is 0 Å². The van der Waals surface area contributed by atoms with Crippen LogP contribution in [0.2, 0.25) is 0 Å². The van der Waals surface area contributed by atoms with E-state index in [1.807, 2.05) is 0 Å². The van der Waals surface area contributed by atoms with Crippen LogP contribution in [0.5, 0.6) is 0 Å². The molecular formula is C17H15N3O5. The Hall–Kier alpha value is -3.47. The second-order valence-electron chi connectivity index (χ2n) is 5.19. The van der Waals surface area contributed by atoms with Gasteiger partial charge in [0.05, 0.1) is 6.07 Å². The third-order valence-corrected chi connectivity index (χ3v) is 3.32. The molecule has 1 aromatic rings. The van der Waals surface area contributed by atoms with E-state index in [2.05, 4.69) is 5.32 Å². The van der Waals surface area contributed by atoms with Gasteiger partial charge in [-0.15, -0.1) is 0 Å². The molecule has 2 N–H and O–H groups in total. The van der Waals surface area contributed by atoms with Crippen molar-refractivity contribution in [3.63, 3.8) is 0 Å². The van der Waals surface area contributed by atoms with Crippen molar-refractivity contribution in [1.29, 1.82) is 10.7 Å². The lowest BCUT2D eigenvalue weighted by atomic mass is 10.0. The van der Waals surface area contributed by atoms with Crippen LogP contribution in [0.4, 0.5) is 5.69 Å². The first-order valence-corrected chi connectivity index (χ1v) is 7.31. The van der Waals surface area contributed by atoms with E-state index < -0.39 is 30.1 Å². The first kappa shape index (κ1) is 17.9. The molecule has 0 saturated heterocycles. The lowest BCUT2D eigenvalue weighted by Crippen LogP contribution is -2.27. The number of nitrogens with zero attached hydrogens (tertiary/aromatic N) is 1. The Morgan fingerprint density at radius 1 is 1.40 bits per heavy atom. The van der Waals surface area contributed by atoms with Gasteiger partial charge in [-0.05, 0) is 19.1 Å². The van der Waals surface area contributed by atoms with Gasteiger partial charge in [0.1, 0.15) is 5.92 Å². The van der Waals surface area contributed by atoms with Crippen LogP contribution < -0.4 is 5.32 Å². The molecule has 8 nitrogen and oxygen atoms in total. The van der Waals surface area contributed by atoms with Crippen molar-refractivity contribution in [3.8, 4) is 6.07 Å². The molecule has 25 heavy (non-hydrogen) atoms. The number of Topliss-reactive ketones (excluding diaryl/α,β-unsaturated/α-hetero) is 2. The van der Waals surface area contributed by atoms with Crippen molar-refractivity contribution >= 4 is 28.9 Å². The monoisotopic (exact) mass is 341 g/mol. The zero-order chi connectivity index (χ0) is 18.4. The number of hydrogen-bond donors (Lipinski definition) is 2. The number of nitriles is 1. The average Bonchev–Trinajstić information content (AvgIpc) is 2.94. The van der Waals surface area contributed by atoms with Gasteiger partial charge in [0, 0.05) is 11.4 Å². The van der Waals surface area contributed by atoms with E-state index in [0.29, 0.717) is 5.69 Å². The number of anilines is 1. The maximum absolute atomic E-state index is 12.1. The quantitative estimate of drug-likeness (QED) is 0.433. The number of carbonyl (C=O) groups excluding carboxylic acids is 3. The zero-order valence-corrected chi connectivity index (χ0v) is 13.4. The maximum Gasteiger partial charge on any atom is 0.347 e. The SMILES string of the molecule is CC(=N)C(C#N)C(=O)COC(=O)C1=C(Nc2ccccc2)OCC1=O. The number of nitrogens with one attached hydrogen (secondary N) is 2. The predicted octanol–water partition coefficient (Wildman–Crippen LogP) is 1.20. The fraction of sp³-hybridized carbons (Fsp3) is 0.235. The van der Waals surface area contributed by atoms with Crippen molar-refractivity contribution in [2.75, 3.05) is 18.5 Å². The predicted molar refractivity (Wildman–Crippen MR) is 86.5 cm³/mol. The average molecular weight is 341 g/mol. The molecule has 0 fully saturated rings. The highest BCUT2D eigenvalue weighted by molar-refractivity contribution is 6.20. The van der Waals surface area contributed by atoms with E-state index in [4.69, 9.17) is 20.1 Å². The lowest BCUT2D eigenvalue weighted by molar-refractivity contribution is -0.145. The second-order valence-corrected chi connectivity index (χ2v) is 5.19. The zero-order valence-electron chi connectivity index (χ0n) is 13.4. The first-order valence-electron chi connectivity index (χ1n) is 7.31. The molecule has 0 amide bonds. The van der Waals surface area contributed by atoms with Crippen LogP contribution >= 0.6 is 0 Å². The Morgan fingerprint density at radius 2 is 2.08 bits per heavy atom. The van der Waals surface area contributed by atoms with Crippen molar-refractivity contribution in [2.45, 2.75) is 6.92 Å². The summed E-state index contributed by atoms with van der Waals surface area (Å²) in [6.07, 6.45) is 0. The maximum atomic E-state index is 12.1. The number of carbonyl (C=O) groups is 3. The molecule has 0 aliphatic carbocycles. The highest BCUT2D eigenvalue weighted by Gasteiger charge is 2.33. The van der Waals surface area contributed by atoms with Gasteiger partial charge in [-0.1, -0.05) is 18.2 Å². The Balaban J connectivity index is 2.09. The van der Waals surface area contributed by atoms with Crippen LogP contribution in [0, 0.1) is 22.7 Å². The summed E-state index contributed by atoms with van der Waals surface area (Å²) in [5, 5.41) is 19.0. The van der Waals surface area contributed by atoms with Crippen molar-refractivity contribution in [3.05, 3.63) is 41.8 Å². The molecule has 2 rings (SSSR count). The van der Waals surface area contributed by atoms with Crippen LogP contribution in [-0.4, -0.2) is 36.5 Å². The molecule has 1 unspecified atom stereocenters. The number of rotatable bonds is 7. The molecular weight excluding hydrogens is 326 g/mol. The topological polar surface area (TPSA) is 129 Å². The summed E-state index contributed by atoms with van der Waals surface area (Å²) in [6.45, 7) is 0.295. The van der Waals surface area contributed by atoms with Crippen LogP contribution in [-0.2, 0) is 23.9 Å². The van der Waals surface area contributed by atoms with Gasteiger partial charge in [0.2, 0.25) is 11.7 Å².